The first-order chi connectivity index (χ1) is 7.59. The van der Waals surface area contributed by atoms with Crippen LogP contribution in [0.3, 0.4) is 0 Å². The van der Waals surface area contributed by atoms with Crippen LogP contribution < -0.4 is 5.73 Å². The minimum absolute atomic E-state index is 0.0831. The fraction of sp³-hybridized carbons (Fsp3) is 0. The zero-order chi connectivity index (χ0) is 11.7. The van der Waals surface area contributed by atoms with Crippen LogP contribution in [0, 0.1) is 0 Å². The molecule has 1 aromatic carbocycles. The van der Waals surface area contributed by atoms with Crippen LogP contribution in [-0.4, -0.2) is 20.9 Å². The summed E-state index contributed by atoms with van der Waals surface area (Å²) in [6.45, 7) is 0. The van der Waals surface area contributed by atoms with Crippen molar-refractivity contribution in [3.63, 3.8) is 0 Å². The lowest BCUT2D eigenvalue weighted by Crippen LogP contribution is -2.08. The molecule has 0 spiro atoms. The predicted octanol–water partition coefficient (Wildman–Crippen LogP) is 1.81. The summed E-state index contributed by atoms with van der Waals surface area (Å²) in [6.07, 6.45) is 2.92. The van der Waals surface area contributed by atoms with Crippen molar-refractivity contribution < 1.29 is 9.90 Å². The lowest BCUT2D eigenvalue weighted by molar-refractivity contribution is 0.0697. The van der Waals surface area contributed by atoms with E-state index in [2.05, 4.69) is 5.10 Å². The third-order valence-corrected chi connectivity index (χ3v) is 2.27. The molecule has 0 aliphatic rings. The molecular formula is C10H8ClN3O2. The quantitative estimate of drug-likeness (QED) is 0.781. The number of nitrogens with zero attached hydrogens (tertiary/aromatic N) is 2. The van der Waals surface area contributed by atoms with Gasteiger partial charge in [0.25, 0.3) is 0 Å². The first-order valence-corrected chi connectivity index (χ1v) is 4.79. The van der Waals surface area contributed by atoms with Gasteiger partial charge in [-0.2, -0.15) is 5.10 Å². The Morgan fingerprint density at radius 3 is 2.81 bits per heavy atom. The first kappa shape index (κ1) is 10.5. The van der Waals surface area contributed by atoms with Crippen molar-refractivity contribution in [2.75, 3.05) is 5.73 Å². The molecular weight excluding hydrogens is 230 g/mol. The summed E-state index contributed by atoms with van der Waals surface area (Å²) >= 11 is 5.72. The highest BCUT2D eigenvalue weighted by molar-refractivity contribution is 6.30. The second-order valence-corrected chi connectivity index (χ2v) is 3.59. The van der Waals surface area contributed by atoms with E-state index in [1.165, 1.54) is 23.1 Å². The van der Waals surface area contributed by atoms with Crippen molar-refractivity contribution in [1.29, 1.82) is 0 Å². The lowest BCUT2D eigenvalue weighted by Gasteiger charge is -2.08. The van der Waals surface area contributed by atoms with Gasteiger partial charge >= 0.3 is 5.97 Å². The maximum atomic E-state index is 11.0. The van der Waals surface area contributed by atoms with Crippen LogP contribution in [0.15, 0.2) is 30.6 Å². The third-order valence-electron chi connectivity index (χ3n) is 2.08. The fourth-order valence-corrected chi connectivity index (χ4v) is 1.55. The van der Waals surface area contributed by atoms with E-state index >= 15 is 0 Å². The molecule has 3 N–H and O–H groups in total. The van der Waals surface area contributed by atoms with Crippen LogP contribution >= 0.6 is 11.6 Å². The molecule has 0 amide bonds. The van der Waals surface area contributed by atoms with Crippen molar-refractivity contribution >= 4 is 23.3 Å². The number of nitrogen functional groups attached to an aromatic ring is 1. The Hall–Kier alpha value is -2.01. The summed E-state index contributed by atoms with van der Waals surface area (Å²) in [6, 6.07) is 4.65. The van der Waals surface area contributed by atoms with Crippen LogP contribution in [0.5, 0.6) is 0 Å². The van der Waals surface area contributed by atoms with Crippen LogP contribution in [0.2, 0.25) is 5.02 Å². The zero-order valence-electron chi connectivity index (χ0n) is 8.09. The number of benzene rings is 1. The molecule has 1 heterocycles. The Balaban J connectivity index is 2.67. The maximum Gasteiger partial charge on any atom is 0.337 e. The van der Waals surface area contributed by atoms with Crippen molar-refractivity contribution in [3.05, 3.63) is 41.2 Å². The topological polar surface area (TPSA) is 81.1 Å². The molecule has 0 aliphatic carbocycles. The summed E-state index contributed by atoms with van der Waals surface area (Å²) in [5.41, 5.74) is 6.47. The fourth-order valence-electron chi connectivity index (χ4n) is 1.41. The highest BCUT2D eigenvalue weighted by Gasteiger charge is 2.14. The Morgan fingerprint density at radius 1 is 1.50 bits per heavy atom. The molecule has 0 saturated heterocycles. The molecule has 82 valence electrons. The molecule has 1 aromatic heterocycles. The van der Waals surface area contributed by atoms with Gasteiger partial charge in [-0.15, -0.1) is 0 Å². The van der Waals surface area contributed by atoms with E-state index in [0.717, 1.165) is 0 Å². The van der Waals surface area contributed by atoms with Gasteiger partial charge in [-0.25, -0.2) is 9.48 Å². The minimum atomic E-state index is -1.06. The normalized spacial score (nSPS) is 10.3. The van der Waals surface area contributed by atoms with Crippen LogP contribution in [0.25, 0.3) is 5.69 Å². The molecule has 5 nitrogen and oxygen atoms in total. The van der Waals surface area contributed by atoms with E-state index in [0.29, 0.717) is 16.4 Å². The number of hydrogen-bond donors (Lipinski definition) is 2. The first-order valence-electron chi connectivity index (χ1n) is 4.42. The van der Waals surface area contributed by atoms with E-state index in [4.69, 9.17) is 22.4 Å². The number of rotatable bonds is 2. The summed E-state index contributed by atoms with van der Waals surface area (Å²) in [7, 11) is 0. The molecule has 0 atom stereocenters. The Bertz CT molecular complexity index is 551. The highest BCUT2D eigenvalue weighted by Crippen LogP contribution is 2.22. The molecule has 0 aliphatic heterocycles. The molecule has 2 aromatic rings. The van der Waals surface area contributed by atoms with Gasteiger partial charge < -0.3 is 10.8 Å². The third kappa shape index (κ3) is 1.72. The maximum absolute atomic E-state index is 11.0. The Morgan fingerprint density at radius 2 is 2.25 bits per heavy atom. The van der Waals surface area contributed by atoms with E-state index in [1.807, 2.05) is 0 Å². The summed E-state index contributed by atoms with van der Waals surface area (Å²) in [5.74, 6) is -1.06. The second kappa shape index (κ2) is 3.86. The molecule has 16 heavy (non-hydrogen) atoms. The summed E-state index contributed by atoms with van der Waals surface area (Å²) < 4.78 is 1.35. The number of hydrogen-bond acceptors (Lipinski definition) is 3. The van der Waals surface area contributed by atoms with Crippen molar-refractivity contribution in [1.82, 2.24) is 9.78 Å². The lowest BCUT2D eigenvalue weighted by atomic mass is 10.1. The van der Waals surface area contributed by atoms with Crippen LogP contribution in [0.4, 0.5) is 5.69 Å². The average molecular weight is 238 g/mol. The van der Waals surface area contributed by atoms with Gasteiger partial charge in [0.15, 0.2) is 0 Å². The standard InChI is InChI=1S/C10H8ClN3O2/c11-6-4-13-14(5-6)9-7(10(15)16)2-1-3-8(9)12/h1-5H,12H2,(H,15,16). The Kier molecular flexibility index (Phi) is 2.54. The number of carboxylic acids is 1. The number of halogens is 1. The number of carboxylic acid groups (broad SMARTS) is 1. The molecule has 0 fully saturated rings. The zero-order valence-corrected chi connectivity index (χ0v) is 8.85. The van der Waals surface area contributed by atoms with Crippen molar-refractivity contribution in [3.8, 4) is 5.69 Å². The van der Waals surface area contributed by atoms with E-state index in [1.54, 1.807) is 12.1 Å². The van der Waals surface area contributed by atoms with Gasteiger partial charge in [0.2, 0.25) is 0 Å². The number of aromatic carboxylic acids is 1. The summed E-state index contributed by atoms with van der Waals surface area (Å²) in [4.78, 5) is 11.0. The largest absolute Gasteiger partial charge is 0.478 e. The van der Waals surface area contributed by atoms with Crippen molar-refractivity contribution in [2.24, 2.45) is 0 Å². The predicted molar refractivity (Wildman–Crippen MR) is 59.9 cm³/mol. The minimum Gasteiger partial charge on any atom is -0.478 e. The van der Waals surface area contributed by atoms with Crippen molar-refractivity contribution in [2.45, 2.75) is 0 Å². The molecule has 0 radical (unpaired) electrons. The van der Waals surface area contributed by atoms with E-state index in [9.17, 15) is 4.79 Å². The number of anilines is 1. The number of nitrogens with two attached hydrogens (primary N) is 1. The number of para-hydroxylation sites is 1. The Labute approximate surface area is 96.1 Å². The smallest absolute Gasteiger partial charge is 0.337 e. The van der Waals surface area contributed by atoms with E-state index in [-0.39, 0.29) is 5.56 Å². The monoisotopic (exact) mass is 237 g/mol. The van der Waals surface area contributed by atoms with Gasteiger partial charge in [0, 0.05) is 6.20 Å². The highest BCUT2D eigenvalue weighted by atomic mass is 35.5. The van der Waals surface area contributed by atoms with Crippen LogP contribution in [-0.2, 0) is 0 Å². The average Bonchev–Trinajstić information content (AvgIpc) is 2.64. The van der Waals surface area contributed by atoms with Gasteiger partial charge in [-0.3, -0.25) is 0 Å². The van der Waals surface area contributed by atoms with Gasteiger partial charge in [0.1, 0.15) is 5.69 Å². The molecule has 0 bridgehead atoms. The summed E-state index contributed by atoms with van der Waals surface area (Å²) in [5, 5.41) is 13.4. The van der Waals surface area contributed by atoms with Gasteiger partial charge in [0.05, 0.1) is 22.5 Å². The van der Waals surface area contributed by atoms with Gasteiger partial charge in [-0.05, 0) is 12.1 Å². The SMILES string of the molecule is Nc1cccc(C(=O)O)c1-n1cc(Cl)cn1. The van der Waals surface area contributed by atoms with Gasteiger partial charge in [-0.1, -0.05) is 17.7 Å². The molecule has 2 rings (SSSR count). The molecule has 6 heteroatoms. The molecule has 0 unspecified atom stereocenters. The number of carbonyl (C=O) groups is 1. The molecule has 0 saturated carbocycles. The second-order valence-electron chi connectivity index (χ2n) is 3.15. The number of aromatic nitrogens is 2. The van der Waals surface area contributed by atoms with Crippen LogP contribution in [0.1, 0.15) is 10.4 Å². The van der Waals surface area contributed by atoms with E-state index < -0.39 is 5.97 Å².